The summed E-state index contributed by atoms with van der Waals surface area (Å²) in [6.07, 6.45) is 12.4. The van der Waals surface area contributed by atoms with E-state index in [1.165, 1.54) is 32.1 Å². The van der Waals surface area contributed by atoms with Crippen LogP contribution in [0.4, 0.5) is 0 Å². The number of rotatable bonds is 16. The first kappa shape index (κ1) is 20.8. The van der Waals surface area contributed by atoms with Crippen LogP contribution in [0.15, 0.2) is 0 Å². The van der Waals surface area contributed by atoms with E-state index in [9.17, 15) is 0 Å². The molecular formula is C17H36O4. The quantitative estimate of drug-likeness (QED) is 0.202. The van der Waals surface area contributed by atoms with Gasteiger partial charge in [0, 0.05) is 0 Å². The zero-order valence-electron chi connectivity index (χ0n) is 14.6. The van der Waals surface area contributed by atoms with E-state index in [0.29, 0.717) is 6.61 Å². The van der Waals surface area contributed by atoms with Crippen molar-refractivity contribution in [2.45, 2.75) is 104 Å². The normalized spacial score (nSPS) is 12.0. The van der Waals surface area contributed by atoms with Gasteiger partial charge in [0.25, 0.3) is 0 Å². The molecule has 0 fully saturated rings. The SMILES string of the molecule is CCCCCCCC(CCC)(CCC)OOOOCCC. The van der Waals surface area contributed by atoms with E-state index in [-0.39, 0.29) is 5.60 Å². The summed E-state index contributed by atoms with van der Waals surface area (Å²) in [6, 6.07) is 0. The molecule has 4 heteroatoms. The molecule has 0 aromatic rings. The second-order valence-electron chi connectivity index (χ2n) is 5.89. The fourth-order valence-corrected chi connectivity index (χ4v) is 2.69. The molecule has 0 unspecified atom stereocenters. The van der Waals surface area contributed by atoms with Crippen molar-refractivity contribution < 1.29 is 19.9 Å². The third-order valence-electron chi connectivity index (χ3n) is 3.72. The summed E-state index contributed by atoms with van der Waals surface area (Å²) >= 11 is 0. The Balaban J connectivity index is 4.16. The Hall–Kier alpha value is -0.160. The van der Waals surface area contributed by atoms with Gasteiger partial charge in [0.2, 0.25) is 0 Å². The summed E-state index contributed by atoms with van der Waals surface area (Å²) in [4.78, 5) is 10.5. The summed E-state index contributed by atoms with van der Waals surface area (Å²) in [7, 11) is 0. The summed E-state index contributed by atoms with van der Waals surface area (Å²) in [5, 5.41) is 9.51. The molecular weight excluding hydrogens is 268 g/mol. The minimum atomic E-state index is -0.231. The van der Waals surface area contributed by atoms with E-state index >= 15 is 0 Å². The standard InChI is InChI=1S/C17H36O4/c1-5-9-10-11-12-15-17(13-6-2,14-7-3)19-21-20-18-16-8-4/h5-16H2,1-4H3. The predicted octanol–water partition coefficient (Wildman–Crippen LogP) is 5.91. The van der Waals surface area contributed by atoms with Crippen LogP contribution < -0.4 is 0 Å². The van der Waals surface area contributed by atoms with E-state index < -0.39 is 0 Å². The van der Waals surface area contributed by atoms with Gasteiger partial charge in [-0.1, -0.05) is 72.6 Å². The zero-order chi connectivity index (χ0) is 15.8. The van der Waals surface area contributed by atoms with Crippen molar-refractivity contribution in [3.63, 3.8) is 0 Å². The maximum atomic E-state index is 5.62. The van der Waals surface area contributed by atoms with Gasteiger partial charge in [0.15, 0.2) is 0 Å². The van der Waals surface area contributed by atoms with Gasteiger partial charge in [-0.3, -0.25) is 0 Å². The van der Waals surface area contributed by atoms with Gasteiger partial charge < -0.3 is 0 Å². The molecule has 0 atom stereocenters. The van der Waals surface area contributed by atoms with Gasteiger partial charge in [0.1, 0.15) is 5.60 Å². The summed E-state index contributed by atoms with van der Waals surface area (Å²) in [6.45, 7) is 9.12. The lowest BCUT2D eigenvalue weighted by atomic mass is 9.87. The Bertz CT molecular complexity index is 187. The molecule has 21 heavy (non-hydrogen) atoms. The molecule has 0 aromatic heterocycles. The van der Waals surface area contributed by atoms with Crippen LogP contribution in [0.5, 0.6) is 0 Å². The number of unbranched alkanes of at least 4 members (excludes halogenated alkanes) is 4. The zero-order valence-corrected chi connectivity index (χ0v) is 14.6. The Morgan fingerprint density at radius 3 is 1.86 bits per heavy atom. The van der Waals surface area contributed by atoms with Crippen LogP contribution in [0.25, 0.3) is 0 Å². The topological polar surface area (TPSA) is 36.9 Å². The Kier molecular flexibility index (Phi) is 14.7. The molecule has 0 saturated heterocycles. The first-order valence-electron chi connectivity index (χ1n) is 8.88. The van der Waals surface area contributed by atoms with Crippen LogP contribution in [-0.2, 0) is 19.9 Å². The lowest BCUT2D eigenvalue weighted by Crippen LogP contribution is -2.33. The molecule has 0 radical (unpaired) electrons. The van der Waals surface area contributed by atoms with E-state index in [1.807, 2.05) is 6.92 Å². The molecule has 0 aliphatic carbocycles. The van der Waals surface area contributed by atoms with E-state index in [1.54, 1.807) is 0 Å². The smallest absolute Gasteiger partial charge is 0.107 e. The maximum absolute atomic E-state index is 5.62. The van der Waals surface area contributed by atoms with Crippen LogP contribution in [0.2, 0.25) is 0 Å². The molecule has 0 aliphatic rings. The Morgan fingerprint density at radius 2 is 1.29 bits per heavy atom. The molecule has 4 nitrogen and oxygen atoms in total. The molecule has 0 aromatic carbocycles. The number of hydrogen-bond acceptors (Lipinski definition) is 4. The van der Waals surface area contributed by atoms with Crippen LogP contribution in [0.1, 0.15) is 98.3 Å². The lowest BCUT2D eigenvalue weighted by molar-refractivity contribution is -0.652. The summed E-state index contributed by atoms with van der Waals surface area (Å²) in [5.74, 6) is 0. The van der Waals surface area contributed by atoms with Gasteiger partial charge in [-0.25, -0.2) is 4.89 Å². The van der Waals surface area contributed by atoms with Crippen LogP contribution in [-0.4, -0.2) is 12.2 Å². The molecule has 0 spiro atoms. The van der Waals surface area contributed by atoms with Crippen molar-refractivity contribution in [3.05, 3.63) is 0 Å². The van der Waals surface area contributed by atoms with Crippen molar-refractivity contribution >= 4 is 0 Å². The van der Waals surface area contributed by atoms with Crippen molar-refractivity contribution in [1.29, 1.82) is 0 Å². The highest BCUT2D eigenvalue weighted by Crippen LogP contribution is 2.31. The lowest BCUT2D eigenvalue weighted by Gasteiger charge is -2.31. The molecule has 0 bridgehead atoms. The van der Waals surface area contributed by atoms with Crippen molar-refractivity contribution in [2.75, 3.05) is 6.61 Å². The van der Waals surface area contributed by atoms with Gasteiger partial charge in [-0.05, 0) is 35.8 Å². The largest absolute Gasteiger partial charge is 0.204 e. The molecule has 0 heterocycles. The minimum absolute atomic E-state index is 0.231. The monoisotopic (exact) mass is 304 g/mol. The number of hydrogen-bond donors (Lipinski definition) is 0. The average molecular weight is 304 g/mol. The van der Waals surface area contributed by atoms with E-state index in [4.69, 9.17) is 14.8 Å². The summed E-state index contributed by atoms with van der Waals surface area (Å²) in [5.41, 5.74) is -0.231. The minimum Gasteiger partial charge on any atom is -0.204 e. The van der Waals surface area contributed by atoms with Crippen molar-refractivity contribution in [3.8, 4) is 0 Å². The summed E-state index contributed by atoms with van der Waals surface area (Å²) < 4.78 is 0. The highest BCUT2D eigenvalue weighted by Gasteiger charge is 2.31. The molecule has 0 aliphatic heterocycles. The van der Waals surface area contributed by atoms with Gasteiger partial charge in [-0.2, -0.15) is 4.89 Å². The predicted molar refractivity (Wildman–Crippen MR) is 85.4 cm³/mol. The third kappa shape index (κ3) is 11.1. The van der Waals surface area contributed by atoms with Gasteiger partial charge >= 0.3 is 0 Å². The van der Waals surface area contributed by atoms with Crippen LogP contribution >= 0.6 is 0 Å². The van der Waals surface area contributed by atoms with Gasteiger partial charge in [0.05, 0.1) is 6.61 Å². The first-order chi connectivity index (χ1) is 10.2. The average Bonchev–Trinajstić information content (AvgIpc) is 2.47. The van der Waals surface area contributed by atoms with E-state index in [0.717, 1.165) is 38.5 Å². The molecule has 0 rings (SSSR count). The van der Waals surface area contributed by atoms with Gasteiger partial charge in [-0.15, -0.1) is 0 Å². The van der Waals surface area contributed by atoms with Crippen molar-refractivity contribution in [2.24, 2.45) is 0 Å². The van der Waals surface area contributed by atoms with Crippen molar-refractivity contribution in [1.82, 2.24) is 0 Å². The second kappa shape index (κ2) is 14.8. The Morgan fingerprint density at radius 1 is 0.619 bits per heavy atom. The second-order valence-corrected chi connectivity index (χ2v) is 5.89. The fourth-order valence-electron chi connectivity index (χ4n) is 2.69. The highest BCUT2D eigenvalue weighted by molar-refractivity contribution is 4.78. The maximum Gasteiger partial charge on any atom is 0.107 e. The van der Waals surface area contributed by atoms with E-state index in [2.05, 4.69) is 25.8 Å². The van der Waals surface area contributed by atoms with Crippen LogP contribution in [0.3, 0.4) is 0 Å². The Labute approximate surface area is 131 Å². The van der Waals surface area contributed by atoms with Crippen LogP contribution in [0, 0.1) is 0 Å². The third-order valence-corrected chi connectivity index (χ3v) is 3.72. The molecule has 0 saturated carbocycles. The molecule has 0 amide bonds. The first-order valence-corrected chi connectivity index (χ1v) is 8.88. The fraction of sp³-hybridized carbons (Fsp3) is 1.00. The highest BCUT2D eigenvalue weighted by atomic mass is 17.7. The molecule has 128 valence electrons. The molecule has 0 N–H and O–H groups in total.